The lowest BCUT2D eigenvalue weighted by molar-refractivity contribution is 0.547. The van der Waals surface area contributed by atoms with Gasteiger partial charge in [0, 0.05) is 16.1 Å². The molecule has 2 rings (SSSR count). The molecule has 0 aromatic heterocycles. The van der Waals surface area contributed by atoms with Crippen molar-refractivity contribution in [2.24, 2.45) is 0 Å². The van der Waals surface area contributed by atoms with E-state index in [0.717, 1.165) is 16.1 Å². The fraction of sp³-hybridized carbons (Fsp3) is 0.200. The van der Waals surface area contributed by atoms with Crippen molar-refractivity contribution >= 4 is 27.5 Å². The van der Waals surface area contributed by atoms with Crippen LogP contribution < -0.4 is 5.32 Å². The molecule has 0 aliphatic carbocycles. The molecule has 0 aliphatic rings. The van der Waals surface area contributed by atoms with Gasteiger partial charge in [0.2, 0.25) is 0 Å². The third-order valence-corrected chi connectivity index (χ3v) is 4.37. The van der Waals surface area contributed by atoms with Gasteiger partial charge in [-0.2, -0.15) is 0 Å². The summed E-state index contributed by atoms with van der Waals surface area (Å²) in [5.74, 6) is -1.11. The normalized spacial score (nSPS) is 12.5. The van der Waals surface area contributed by atoms with Crippen LogP contribution in [0.3, 0.4) is 0 Å². The zero-order valence-electron chi connectivity index (χ0n) is 11.0. The Kier molecular flexibility index (Phi) is 4.78. The summed E-state index contributed by atoms with van der Waals surface area (Å²) in [6.45, 7) is 1.61. The minimum absolute atomic E-state index is 0.372. The molecule has 2 aromatic rings. The van der Waals surface area contributed by atoms with Crippen LogP contribution >= 0.6 is 27.5 Å². The lowest BCUT2D eigenvalue weighted by atomic mass is 9.97. The Balaban J connectivity index is 2.52. The Labute approximate surface area is 130 Å². The number of halogens is 4. The van der Waals surface area contributed by atoms with Crippen LogP contribution in [0.25, 0.3) is 0 Å². The van der Waals surface area contributed by atoms with Gasteiger partial charge in [-0.15, -0.1) is 0 Å². The predicted octanol–water partition coefficient (Wildman–Crippen LogP) is 5.00. The van der Waals surface area contributed by atoms with E-state index in [1.807, 2.05) is 12.1 Å². The standard InChI is InChI=1S/C15H13BrClF2N/c1-8-5-10(14(19)7-13(8)18)15(20-2)9-3-4-12(17)11(16)6-9/h3-7,15,20H,1-2H3. The quantitative estimate of drug-likeness (QED) is 0.812. The largest absolute Gasteiger partial charge is 0.309 e. The average Bonchev–Trinajstić information content (AvgIpc) is 2.40. The molecule has 0 spiro atoms. The maximum Gasteiger partial charge on any atom is 0.131 e. The van der Waals surface area contributed by atoms with E-state index in [0.29, 0.717) is 16.1 Å². The van der Waals surface area contributed by atoms with Crippen LogP contribution in [0, 0.1) is 18.6 Å². The average molecular weight is 361 g/mol. The van der Waals surface area contributed by atoms with Gasteiger partial charge in [-0.05, 0) is 59.2 Å². The molecule has 0 fully saturated rings. The summed E-state index contributed by atoms with van der Waals surface area (Å²) in [5, 5.41) is 3.63. The Morgan fingerprint density at radius 2 is 1.85 bits per heavy atom. The molecule has 1 N–H and O–H groups in total. The van der Waals surface area contributed by atoms with Crippen molar-refractivity contribution < 1.29 is 8.78 Å². The number of hydrogen-bond acceptors (Lipinski definition) is 1. The van der Waals surface area contributed by atoms with E-state index in [1.54, 1.807) is 20.0 Å². The van der Waals surface area contributed by atoms with E-state index in [1.165, 1.54) is 6.07 Å². The highest BCUT2D eigenvalue weighted by Crippen LogP contribution is 2.30. The van der Waals surface area contributed by atoms with Gasteiger partial charge in [0.25, 0.3) is 0 Å². The summed E-state index contributed by atoms with van der Waals surface area (Å²) < 4.78 is 28.1. The first-order chi connectivity index (χ1) is 9.43. The molecule has 1 atom stereocenters. The lowest BCUT2D eigenvalue weighted by Gasteiger charge is -2.19. The second-order valence-corrected chi connectivity index (χ2v) is 5.78. The molecule has 0 aliphatic heterocycles. The van der Waals surface area contributed by atoms with Gasteiger partial charge < -0.3 is 5.32 Å². The number of rotatable bonds is 3. The lowest BCUT2D eigenvalue weighted by Crippen LogP contribution is -2.19. The van der Waals surface area contributed by atoms with E-state index in [2.05, 4.69) is 21.2 Å². The fourth-order valence-corrected chi connectivity index (χ4v) is 2.61. The highest BCUT2D eigenvalue weighted by atomic mass is 79.9. The number of aryl methyl sites for hydroxylation is 1. The Morgan fingerprint density at radius 1 is 1.15 bits per heavy atom. The summed E-state index contributed by atoms with van der Waals surface area (Å²) >= 11 is 9.31. The van der Waals surface area contributed by atoms with Crippen molar-refractivity contribution in [1.82, 2.24) is 5.32 Å². The Hall–Kier alpha value is -0.970. The van der Waals surface area contributed by atoms with E-state index < -0.39 is 11.6 Å². The van der Waals surface area contributed by atoms with E-state index in [-0.39, 0.29) is 6.04 Å². The van der Waals surface area contributed by atoms with E-state index in [9.17, 15) is 8.78 Å². The number of benzene rings is 2. The van der Waals surface area contributed by atoms with Crippen LogP contribution in [0.1, 0.15) is 22.7 Å². The molecule has 1 unspecified atom stereocenters. The fourth-order valence-electron chi connectivity index (χ4n) is 2.09. The molecule has 0 saturated heterocycles. The first-order valence-electron chi connectivity index (χ1n) is 6.01. The van der Waals surface area contributed by atoms with Crippen LogP contribution in [-0.4, -0.2) is 7.05 Å². The molecule has 0 bridgehead atoms. The van der Waals surface area contributed by atoms with E-state index in [4.69, 9.17) is 11.6 Å². The summed E-state index contributed by atoms with van der Waals surface area (Å²) in [6, 6.07) is 7.44. The second-order valence-electron chi connectivity index (χ2n) is 4.52. The van der Waals surface area contributed by atoms with Crippen molar-refractivity contribution in [3.63, 3.8) is 0 Å². The van der Waals surface area contributed by atoms with Crippen LogP contribution in [0.2, 0.25) is 5.02 Å². The van der Waals surface area contributed by atoms with Crippen molar-refractivity contribution in [2.75, 3.05) is 7.05 Å². The third kappa shape index (κ3) is 3.03. The molecule has 0 saturated carbocycles. The minimum atomic E-state index is -0.571. The van der Waals surface area contributed by atoms with Gasteiger partial charge in [0.1, 0.15) is 11.6 Å². The predicted molar refractivity (Wildman–Crippen MR) is 81.1 cm³/mol. The number of hydrogen-bond donors (Lipinski definition) is 1. The first-order valence-corrected chi connectivity index (χ1v) is 7.19. The molecule has 0 radical (unpaired) electrons. The molecule has 0 heterocycles. The Bertz CT molecular complexity index is 646. The summed E-state index contributed by atoms with van der Waals surface area (Å²) in [4.78, 5) is 0. The topological polar surface area (TPSA) is 12.0 Å². The molecular weight excluding hydrogens is 348 g/mol. The smallest absolute Gasteiger partial charge is 0.131 e. The monoisotopic (exact) mass is 359 g/mol. The van der Waals surface area contributed by atoms with Crippen LogP contribution in [-0.2, 0) is 0 Å². The summed E-state index contributed by atoms with van der Waals surface area (Å²) in [7, 11) is 1.73. The van der Waals surface area contributed by atoms with Crippen molar-refractivity contribution in [1.29, 1.82) is 0 Å². The first kappa shape index (κ1) is 15.4. The maximum atomic E-state index is 14.0. The SMILES string of the molecule is CNC(c1ccc(Cl)c(Br)c1)c1cc(C)c(F)cc1F. The molecule has 1 nitrogen and oxygen atoms in total. The van der Waals surface area contributed by atoms with Gasteiger partial charge in [0.05, 0.1) is 11.1 Å². The number of nitrogens with one attached hydrogen (secondary N) is 1. The molecular formula is C15H13BrClF2N. The van der Waals surface area contributed by atoms with Gasteiger partial charge in [0.15, 0.2) is 0 Å². The highest BCUT2D eigenvalue weighted by Gasteiger charge is 2.18. The molecule has 20 heavy (non-hydrogen) atoms. The summed E-state index contributed by atoms with van der Waals surface area (Å²) in [5.41, 5.74) is 1.66. The third-order valence-electron chi connectivity index (χ3n) is 3.15. The van der Waals surface area contributed by atoms with Gasteiger partial charge in [-0.25, -0.2) is 8.78 Å². The zero-order chi connectivity index (χ0) is 14.9. The van der Waals surface area contributed by atoms with Crippen LogP contribution in [0.4, 0.5) is 8.78 Å². The van der Waals surface area contributed by atoms with Crippen molar-refractivity contribution in [2.45, 2.75) is 13.0 Å². The van der Waals surface area contributed by atoms with Crippen LogP contribution in [0.15, 0.2) is 34.8 Å². The maximum absolute atomic E-state index is 14.0. The Morgan fingerprint density at radius 3 is 2.45 bits per heavy atom. The van der Waals surface area contributed by atoms with E-state index >= 15 is 0 Å². The van der Waals surface area contributed by atoms with Gasteiger partial charge in [-0.1, -0.05) is 17.7 Å². The highest BCUT2D eigenvalue weighted by molar-refractivity contribution is 9.10. The minimum Gasteiger partial charge on any atom is -0.309 e. The van der Waals surface area contributed by atoms with Gasteiger partial charge >= 0.3 is 0 Å². The summed E-state index contributed by atoms with van der Waals surface area (Å²) in [6.07, 6.45) is 0. The molecule has 5 heteroatoms. The molecule has 0 amide bonds. The van der Waals surface area contributed by atoms with Crippen LogP contribution in [0.5, 0.6) is 0 Å². The molecule has 106 valence electrons. The second kappa shape index (κ2) is 6.20. The molecule has 2 aromatic carbocycles. The van der Waals surface area contributed by atoms with Gasteiger partial charge in [-0.3, -0.25) is 0 Å². The van der Waals surface area contributed by atoms with Crippen molar-refractivity contribution in [3.05, 3.63) is 68.2 Å². The van der Waals surface area contributed by atoms with Crippen molar-refractivity contribution in [3.8, 4) is 0 Å². The zero-order valence-corrected chi connectivity index (χ0v) is 13.3.